The van der Waals surface area contributed by atoms with Gasteiger partial charge in [0, 0.05) is 0 Å². The van der Waals surface area contributed by atoms with E-state index in [9.17, 15) is 0 Å². The fourth-order valence-electron chi connectivity index (χ4n) is 2.77. The molecule has 15 heavy (non-hydrogen) atoms. The predicted molar refractivity (Wildman–Crippen MR) is 72.1 cm³/mol. The van der Waals surface area contributed by atoms with Crippen molar-refractivity contribution < 1.29 is 0 Å². The molecule has 0 aromatic carbocycles. The topological polar surface area (TPSA) is 9.72 Å². The molecule has 0 aromatic rings. The second-order valence-electron chi connectivity index (χ2n) is 4.83. The van der Waals surface area contributed by atoms with Crippen molar-refractivity contribution in [2.75, 3.05) is 21.1 Å². The van der Waals surface area contributed by atoms with Gasteiger partial charge < -0.3 is 14.2 Å². The highest BCUT2D eigenvalue weighted by molar-refractivity contribution is 6.80. The van der Waals surface area contributed by atoms with E-state index < -0.39 is 0 Å². The minimum atomic E-state index is 0.614. The van der Waals surface area contributed by atoms with Crippen molar-refractivity contribution in [1.82, 2.24) is 14.2 Å². The maximum Gasteiger partial charge on any atom is 0.289 e. The monoisotopic (exact) mass is 207 g/mol. The molecule has 0 atom stereocenters. The fourth-order valence-corrected chi connectivity index (χ4v) is 2.77. The fraction of sp³-hybridized carbons (Fsp3) is 1.00. The van der Waals surface area contributed by atoms with Crippen molar-refractivity contribution >= 4 is 21.5 Å². The molecule has 0 amide bonds. The molecular weight excluding hydrogens is 183 g/mol. The van der Waals surface area contributed by atoms with Crippen molar-refractivity contribution in [3.8, 4) is 0 Å². The summed E-state index contributed by atoms with van der Waals surface area (Å²) in [7, 11) is 7.81. The van der Waals surface area contributed by atoms with Crippen LogP contribution in [0.25, 0.3) is 0 Å². The van der Waals surface area contributed by atoms with Crippen LogP contribution in [-0.2, 0) is 0 Å². The van der Waals surface area contributed by atoms with E-state index in [1.165, 1.54) is 25.5 Å². The average Bonchev–Trinajstić information content (AvgIpc) is 2.17. The summed E-state index contributed by atoms with van der Waals surface area (Å²) in [6.45, 7) is 5.79. The van der Waals surface area contributed by atoms with Gasteiger partial charge in [0.2, 0.25) is 0 Å². The Bertz CT molecular complexity index is 193. The molecule has 0 spiro atoms. The molecule has 0 aliphatic carbocycles. The Kier molecular flexibility index (Phi) is 5.23. The summed E-state index contributed by atoms with van der Waals surface area (Å²) in [4.78, 5) is 0. The lowest BCUT2D eigenvalue weighted by Gasteiger charge is -2.46. The predicted octanol–water partition coefficient (Wildman–Crippen LogP) is 0.858. The van der Waals surface area contributed by atoms with Crippen molar-refractivity contribution in [2.45, 2.75) is 39.3 Å². The molecule has 1 rings (SSSR count). The maximum atomic E-state index is 2.53. The minimum Gasteiger partial charge on any atom is -0.363 e. The van der Waals surface area contributed by atoms with Gasteiger partial charge >= 0.3 is 0 Å². The highest BCUT2D eigenvalue weighted by Crippen LogP contribution is 2.16. The van der Waals surface area contributed by atoms with Crippen LogP contribution >= 0.6 is 0 Å². The standard InChI is InChI=1S/C9H24B3N3/c1-6-8-9-12-14(4)10-13(3)11(7-2)15(12)5/h10H,6-9H2,1-5H3. The van der Waals surface area contributed by atoms with Crippen molar-refractivity contribution in [1.29, 1.82) is 0 Å². The zero-order chi connectivity index (χ0) is 11.4. The summed E-state index contributed by atoms with van der Waals surface area (Å²) in [5.74, 6) is 0. The molecule has 1 heterocycles. The van der Waals surface area contributed by atoms with Gasteiger partial charge in [-0.3, -0.25) is 0 Å². The van der Waals surface area contributed by atoms with Gasteiger partial charge in [-0.2, -0.15) is 0 Å². The summed E-state index contributed by atoms with van der Waals surface area (Å²) in [5, 5.41) is 0. The third-order valence-electron chi connectivity index (χ3n) is 3.58. The summed E-state index contributed by atoms with van der Waals surface area (Å²) >= 11 is 0. The number of rotatable bonds is 4. The normalized spacial score (nSPS) is 20.9. The zero-order valence-corrected chi connectivity index (χ0v) is 11.0. The van der Waals surface area contributed by atoms with Gasteiger partial charge in [-0.05, 0) is 33.8 Å². The quantitative estimate of drug-likeness (QED) is 0.632. The maximum absolute atomic E-state index is 2.53. The van der Waals surface area contributed by atoms with E-state index in [0.717, 1.165) is 7.55 Å². The minimum absolute atomic E-state index is 0.614. The van der Waals surface area contributed by atoms with Gasteiger partial charge in [-0.1, -0.05) is 26.7 Å². The Balaban J connectivity index is 2.60. The Morgan fingerprint density at radius 1 is 1.00 bits per heavy atom. The number of nitrogens with zero attached hydrogens (tertiary/aromatic N) is 3. The smallest absolute Gasteiger partial charge is 0.289 e. The lowest BCUT2D eigenvalue weighted by Crippen LogP contribution is -2.69. The van der Waals surface area contributed by atoms with E-state index >= 15 is 0 Å². The Morgan fingerprint density at radius 3 is 2.13 bits per heavy atom. The first-order valence-electron chi connectivity index (χ1n) is 6.24. The average molecular weight is 207 g/mol. The van der Waals surface area contributed by atoms with Crippen LogP contribution in [0.5, 0.6) is 0 Å². The van der Waals surface area contributed by atoms with E-state index in [-0.39, 0.29) is 0 Å². The van der Waals surface area contributed by atoms with Gasteiger partial charge in [0.25, 0.3) is 21.5 Å². The number of unbranched alkanes of at least 4 members (excludes halogenated alkanes) is 1. The molecule has 0 bridgehead atoms. The summed E-state index contributed by atoms with van der Waals surface area (Å²) < 4.78 is 7.42. The van der Waals surface area contributed by atoms with Gasteiger partial charge in [0.05, 0.1) is 0 Å². The largest absolute Gasteiger partial charge is 0.363 e. The summed E-state index contributed by atoms with van der Waals surface area (Å²) in [6.07, 6.45) is 5.14. The molecule has 84 valence electrons. The van der Waals surface area contributed by atoms with E-state index in [4.69, 9.17) is 0 Å². The lowest BCUT2D eigenvalue weighted by atomic mass is 9.48. The van der Waals surface area contributed by atoms with Crippen molar-refractivity contribution in [2.24, 2.45) is 0 Å². The highest BCUT2D eigenvalue weighted by atomic mass is 15.3. The highest BCUT2D eigenvalue weighted by Gasteiger charge is 2.39. The van der Waals surface area contributed by atoms with Crippen LogP contribution in [0.3, 0.4) is 0 Å². The van der Waals surface area contributed by atoms with Gasteiger partial charge in [0.1, 0.15) is 0 Å². The molecule has 0 saturated carbocycles. The van der Waals surface area contributed by atoms with Crippen LogP contribution in [0.1, 0.15) is 26.7 Å². The lowest BCUT2D eigenvalue weighted by molar-refractivity contribution is 0.543. The van der Waals surface area contributed by atoms with Crippen LogP contribution in [-0.4, -0.2) is 56.8 Å². The third-order valence-corrected chi connectivity index (χ3v) is 3.58. The first-order valence-corrected chi connectivity index (χ1v) is 6.24. The van der Waals surface area contributed by atoms with Crippen LogP contribution in [0, 0.1) is 0 Å². The second-order valence-corrected chi connectivity index (χ2v) is 4.83. The van der Waals surface area contributed by atoms with E-state index in [1.54, 1.807) is 0 Å². The van der Waals surface area contributed by atoms with E-state index in [2.05, 4.69) is 49.2 Å². The molecular formula is C9H24B3N3. The summed E-state index contributed by atoms with van der Waals surface area (Å²) in [5.41, 5.74) is 0. The molecule has 6 heteroatoms. The van der Waals surface area contributed by atoms with E-state index in [1.807, 2.05) is 0 Å². The van der Waals surface area contributed by atoms with Gasteiger partial charge in [0.15, 0.2) is 0 Å². The first-order chi connectivity index (χ1) is 7.11. The summed E-state index contributed by atoms with van der Waals surface area (Å²) in [6, 6.07) is 0. The molecule has 0 aromatic heterocycles. The van der Waals surface area contributed by atoms with Gasteiger partial charge in [-0.15, -0.1) is 0 Å². The third kappa shape index (κ3) is 3.02. The molecule has 1 aliphatic rings. The molecule has 3 nitrogen and oxygen atoms in total. The molecule has 1 saturated heterocycles. The zero-order valence-electron chi connectivity index (χ0n) is 11.0. The second kappa shape index (κ2) is 5.97. The van der Waals surface area contributed by atoms with Crippen LogP contribution in [0.2, 0.25) is 12.6 Å². The van der Waals surface area contributed by atoms with Crippen molar-refractivity contribution in [3.05, 3.63) is 0 Å². The van der Waals surface area contributed by atoms with Crippen LogP contribution in [0.4, 0.5) is 0 Å². The Labute approximate surface area is 96.7 Å². The SMILES string of the molecule is CCCCB1N(C)BN(C)B(CC)N1C. The van der Waals surface area contributed by atoms with E-state index in [0.29, 0.717) is 14.0 Å². The van der Waals surface area contributed by atoms with Crippen LogP contribution < -0.4 is 0 Å². The molecule has 1 aliphatic heterocycles. The first kappa shape index (κ1) is 13.1. The van der Waals surface area contributed by atoms with Gasteiger partial charge in [-0.25, -0.2) is 0 Å². The Morgan fingerprint density at radius 2 is 1.60 bits per heavy atom. The number of hydrogen-bond acceptors (Lipinski definition) is 3. The van der Waals surface area contributed by atoms with Crippen LogP contribution in [0.15, 0.2) is 0 Å². The van der Waals surface area contributed by atoms with Crippen molar-refractivity contribution in [3.63, 3.8) is 0 Å². The number of hydrogen-bond donors (Lipinski definition) is 0. The Hall–Kier alpha value is 0.0748. The molecule has 1 fully saturated rings. The molecule has 0 unspecified atom stereocenters. The molecule has 0 N–H and O–H groups in total. The molecule has 0 radical (unpaired) electrons.